The van der Waals surface area contributed by atoms with Crippen LogP contribution in [0, 0.1) is 0 Å². The van der Waals surface area contributed by atoms with Gasteiger partial charge in [0.2, 0.25) is 11.9 Å². The van der Waals surface area contributed by atoms with Gasteiger partial charge in [0.1, 0.15) is 0 Å². The highest BCUT2D eigenvalue weighted by Crippen LogP contribution is 2.29. The molecule has 0 spiro atoms. The Balaban J connectivity index is 1.56. The van der Waals surface area contributed by atoms with Gasteiger partial charge < -0.3 is 14.5 Å². The summed E-state index contributed by atoms with van der Waals surface area (Å²) in [7, 11) is 2.98. The number of para-hydroxylation sites is 2. The summed E-state index contributed by atoms with van der Waals surface area (Å²) in [5.74, 6) is 0.323. The topological polar surface area (TPSA) is 80.6 Å². The quantitative estimate of drug-likeness (QED) is 0.388. The van der Waals surface area contributed by atoms with Crippen molar-refractivity contribution in [2.45, 2.75) is 24.4 Å². The maximum atomic E-state index is 13.0. The van der Waals surface area contributed by atoms with Gasteiger partial charge in [0.25, 0.3) is 0 Å². The summed E-state index contributed by atoms with van der Waals surface area (Å²) in [5, 5.41) is 9.55. The number of benzene rings is 2. The van der Waals surface area contributed by atoms with E-state index in [0.717, 1.165) is 37.6 Å². The van der Waals surface area contributed by atoms with Gasteiger partial charge in [0, 0.05) is 20.1 Å². The van der Waals surface area contributed by atoms with E-state index in [1.807, 2.05) is 34.9 Å². The molecule has 2 heterocycles. The van der Waals surface area contributed by atoms with Gasteiger partial charge in [-0.1, -0.05) is 42.1 Å². The molecule has 172 valence electrons. The zero-order valence-electron chi connectivity index (χ0n) is 18.8. The van der Waals surface area contributed by atoms with Crippen LogP contribution in [0.4, 0.5) is 11.6 Å². The van der Waals surface area contributed by atoms with Crippen molar-refractivity contribution in [2.75, 3.05) is 42.8 Å². The van der Waals surface area contributed by atoms with Crippen LogP contribution in [0.1, 0.15) is 29.6 Å². The van der Waals surface area contributed by atoms with Crippen molar-refractivity contribution in [1.29, 1.82) is 0 Å². The first kappa shape index (κ1) is 22.8. The Morgan fingerprint density at radius 1 is 1.00 bits per heavy atom. The number of esters is 1. The van der Waals surface area contributed by atoms with Gasteiger partial charge in [0.05, 0.1) is 29.8 Å². The highest BCUT2D eigenvalue weighted by Gasteiger charge is 2.23. The molecule has 0 unspecified atom stereocenters. The van der Waals surface area contributed by atoms with E-state index in [-0.39, 0.29) is 11.7 Å². The average molecular weight is 466 g/mol. The third-order valence-electron chi connectivity index (χ3n) is 5.64. The van der Waals surface area contributed by atoms with Crippen LogP contribution in [0.5, 0.6) is 0 Å². The zero-order valence-corrected chi connectivity index (χ0v) is 19.6. The van der Waals surface area contributed by atoms with E-state index in [4.69, 9.17) is 4.74 Å². The minimum absolute atomic E-state index is 0.150. The van der Waals surface area contributed by atoms with E-state index in [1.54, 1.807) is 31.3 Å². The Morgan fingerprint density at radius 3 is 2.42 bits per heavy atom. The third kappa shape index (κ3) is 5.03. The number of thioether (sulfide) groups is 1. The lowest BCUT2D eigenvalue weighted by molar-refractivity contribution is -0.115. The first-order valence-corrected chi connectivity index (χ1v) is 11.9. The van der Waals surface area contributed by atoms with E-state index >= 15 is 0 Å². The molecule has 0 radical (unpaired) electrons. The largest absolute Gasteiger partial charge is 0.465 e. The number of methoxy groups -OCH3 is 1. The number of carbonyl (C=O) groups is 2. The molecule has 4 rings (SSSR count). The minimum atomic E-state index is -0.479. The molecule has 33 heavy (non-hydrogen) atoms. The average Bonchev–Trinajstić information content (AvgIpc) is 3.31. The zero-order chi connectivity index (χ0) is 23.2. The van der Waals surface area contributed by atoms with Crippen LogP contribution < -0.4 is 9.80 Å². The van der Waals surface area contributed by atoms with Crippen molar-refractivity contribution in [3.05, 3.63) is 60.2 Å². The van der Waals surface area contributed by atoms with Crippen LogP contribution >= 0.6 is 11.8 Å². The highest BCUT2D eigenvalue weighted by atomic mass is 32.2. The maximum absolute atomic E-state index is 13.0. The molecule has 1 amide bonds. The van der Waals surface area contributed by atoms with Crippen LogP contribution in [-0.4, -0.2) is 59.6 Å². The second kappa shape index (κ2) is 10.5. The van der Waals surface area contributed by atoms with Crippen LogP contribution in [0.2, 0.25) is 0 Å². The van der Waals surface area contributed by atoms with Crippen molar-refractivity contribution >= 4 is 35.3 Å². The number of piperidine rings is 1. The van der Waals surface area contributed by atoms with Crippen LogP contribution in [0.15, 0.2) is 59.8 Å². The first-order chi connectivity index (χ1) is 16.1. The SMILES string of the molecule is COC(=O)c1ccccc1N(C)C(=O)CSc1nnc(N2CCCCC2)n1-c1ccccc1. The molecule has 1 aliphatic heterocycles. The number of rotatable bonds is 7. The van der Waals surface area contributed by atoms with Gasteiger partial charge in [-0.2, -0.15) is 0 Å². The summed E-state index contributed by atoms with van der Waals surface area (Å²) in [6.07, 6.45) is 3.49. The molecule has 1 aromatic heterocycles. The van der Waals surface area contributed by atoms with Crippen LogP contribution in [0.3, 0.4) is 0 Å². The molecule has 0 saturated carbocycles. The lowest BCUT2D eigenvalue weighted by Crippen LogP contribution is -2.32. The van der Waals surface area contributed by atoms with Gasteiger partial charge >= 0.3 is 5.97 Å². The van der Waals surface area contributed by atoms with E-state index in [0.29, 0.717) is 16.4 Å². The van der Waals surface area contributed by atoms with Gasteiger partial charge in [-0.3, -0.25) is 9.36 Å². The predicted molar refractivity (Wildman–Crippen MR) is 129 cm³/mol. The Hall–Kier alpha value is -3.33. The maximum Gasteiger partial charge on any atom is 0.339 e. The summed E-state index contributed by atoms with van der Waals surface area (Å²) in [5.41, 5.74) is 1.82. The van der Waals surface area contributed by atoms with Crippen molar-refractivity contribution < 1.29 is 14.3 Å². The normalized spacial score (nSPS) is 13.6. The molecule has 0 N–H and O–H groups in total. The van der Waals surface area contributed by atoms with Crippen molar-refractivity contribution in [1.82, 2.24) is 14.8 Å². The van der Waals surface area contributed by atoms with Crippen molar-refractivity contribution in [3.8, 4) is 5.69 Å². The number of ether oxygens (including phenoxy) is 1. The molecule has 1 fully saturated rings. The Morgan fingerprint density at radius 2 is 1.70 bits per heavy atom. The molecule has 0 bridgehead atoms. The van der Waals surface area contributed by atoms with Crippen LogP contribution in [-0.2, 0) is 9.53 Å². The first-order valence-electron chi connectivity index (χ1n) is 10.9. The number of carbonyl (C=O) groups excluding carboxylic acids is 2. The summed E-state index contributed by atoms with van der Waals surface area (Å²) in [6.45, 7) is 1.89. The van der Waals surface area contributed by atoms with E-state index in [1.165, 1.54) is 30.2 Å². The lowest BCUT2D eigenvalue weighted by Gasteiger charge is -2.27. The Bertz CT molecular complexity index is 1110. The van der Waals surface area contributed by atoms with Crippen molar-refractivity contribution in [2.24, 2.45) is 0 Å². The fourth-order valence-corrected chi connectivity index (χ4v) is 4.72. The van der Waals surface area contributed by atoms with Gasteiger partial charge in [-0.05, 0) is 43.5 Å². The number of amides is 1. The Kier molecular flexibility index (Phi) is 7.29. The van der Waals surface area contributed by atoms with Gasteiger partial charge in [0.15, 0.2) is 5.16 Å². The van der Waals surface area contributed by atoms with E-state index < -0.39 is 5.97 Å². The molecular formula is C24H27N5O3S. The van der Waals surface area contributed by atoms with Gasteiger partial charge in [-0.15, -0.1) is 10.2 Å². The van der Waals surface area contributed by atoms with Crippen molar-refractivity contribution in [3.63, 3.8) is 0 Å². The molecule has 0 aliphatic carbocycles. The fourth-order valence-electron chi connectivity index (χ4n) is 3.86. The molecule has 9 heteroatoms. The monoisotopic (exact) mass is 465 g/mol. The predicted octanol–water partition coefficient (Wildman–Crippen LogP) is 3.80. The summed E-state index contributed by atoms with van der Waals surface area (Å²) < 4.78 is 6.87. The van der Waals surface area contributed by atoms with Gasteiger partial charge in [-0.25, -0.2) is 4.79 Å². The Labute approximate surface area is 197 Å². The van der Waals surface area contributed by atoms with E-state index in [9.17, 15) is 9.59 Å². The number of hydrogen-bond donors (Lipinski definition) is 0. The molecule has 2 aromatic carbocycles. The molecule has 8 nitrogen and oxygen atoms in total. The lowest BCUT2D eigenvalue weighted by atomic mass is 10.1. The third-order valence-corrected chi connectivity index (χ3v) is 6.55. The molecule has 1 saturated heterocycles. The molecular weight excluding hydrogens is 438 g/mol. The number of aromatic nitrogens is 3. The van der Waals surface area contributed by atoms with E-state index in [2.05, 4.69) is 15.1 Å². The summed E-state index contributed by atoms with van der Waals surface area (Å²) in [6, 6.07) is 16.9. The number of hydrogen-bond acceptors (Lipinski definition) is 7. The summed E-state index contributed by atoms with van der Waals surface area (Å²) >= 11 is 1.33. The molecule has 3 aromatic rings. The second-order valence-electron chi connectivity index (χ2n) is 7.75. The standard InChI is InChI=1S/C24H27N5O3S/c1-27(20-14-8-7-13-19(20)22(31)32-2)21(30)17-33-24-26-25-23(28-15-9-4-10-16-28)29(24)18-11-5-3-6-12-18/h3,5-8,11-14H,4,9-10,15-17H2,1-2H3. The second-order valence-corrected chi connectivity index (χ2v) is 8.69. The summed E-state index contributed by atoms with van der Waals surface area (Å²) in [4.78, 5) is 28.9. The number of anilines is 2. The highest BCUT2D eigenvalue weighted by molar-refractivity contribution is 7.99. The number of nitrogens with zero attached hydrogens (tertiary/aromatic N) is 5. The minimum Gasteiger partial charge on any atom is -0.465 e. The smallest absolute Gasteiger partial charge is 0.339 e. The molecule has 1 aliphatic rings. The fraction of sp³-hybridized carbons (Fsp3) is 0.333. The van der Waals surface area contributed by atoms with Crippen LogP contribution in [0.25, 0.3) is 5.69 Å². The molecule has 0 atom stereocenters.